The molecule has 1 aliphatic rings. The summed E-state index contributed by atoms with van der Waals surface area (Å²) in [5.74, 6) is 0.659. The summed E-state index contributed by atoms with van der Waals surface area (Å²) < 4.78 is 30.1. The molecule has 0 heterocycles. The lowest BCUT2D eigenvalue weighted by molar-refractivity contribution is 0.113. The Morgan fingerprint density at radius 3 is 2.19 bits per heavy atom. The van der Waals surface area contributed by atoms with E-state index in [0.29, 0.717) is 19.0 Å². The highest BCUT2D eigenvalue weighted by Crippen LogP contribution is 2.37. The van der Waals surface area contributed by atoms with E-state index in [1.807, 2.05) is 27.7 Å². The van der Waals surface area contributed by atoms with Crippen LogP contribution < -0.4 is 10.5 Å². The summed E-state index contributed by atoms with van der Waals surface area (Å²) in [6.45, 7) is 10.8. The Balaban J connectivity index is 3.09. The molecule has 0 saturated heterocycles. The molecule has 0 aromatic rings. The summed E-state index contributed by atoms with van der Waals surface area (Å²) in [6.07, 6.45) is 4.60. The first-order valence-electron chi connectivity index (χ1n) is 8.08. The van der Waals surface area contributed by atoms with E-state index in [1.54, 1.807) is 4.31 Å². The number of hydrogen-bond acceptors (Lipinski definition) is 3. The molecule has 0 aromatic carbocycles. The molecule has 0 unspecified atom stereocenters. The molecule has 6 heteroatoms. The third kappa shape index (κ3) is 4.91. The zero-order chi connectivity index (χ0) is 16.3. The lowest BCUT2D eigenvalue weighted by Gasteiger charge is -2.46. The van der Waals surface area contributed by atoms with E-state index in [4.69, 9.17) is 5.73 Å². The van der Waals surface area contributed by atoms with Gasteiger partial charge in [0.15, 0.2) is 0 Å². The molecular weight excluding hydrogens is 286 g/mol. The van der Waals surface area contributed by atoms with Crippen molar-refractivity contribution < 1.29 is 8.42 Å². The van der Waals surface area contributed by atoms with Gasteiger partial charge in [-0.2, -0.15) is 17.4 Å². The lowest BCUT2D eigenvalue weighted by atomic mass is 9.77. The van der Waals surface area contributed by atoms with Crippen molar-refractivity contribution in [2.45, 2.75) is 77.8 Å². The second-order valence-electron chi connectivity index (χ2n) is 7.54. The topological polar surface area (TPSA) is 75.4 Å². The van der Waals surface area contributed by atoms with Crippen molar-refractivity contribution in [2.75, 3.05) is 13.1 Å². The van der Waals surface area contributed by atoms with Gasteiger partial charge in [-0.3, -0.25) is 0 Å². The number of hydrogen-bond donors (Lipinski definition) is 2. The predicted molar refractivity (Wildman–Crippen MR) is 88.2 cm³/mol. The standard InChI is InChI=1S/C15H33N3O2S/c1-6-11-18(21(19,20)17-14(3,4)5)15(12-16)9-7-13(2)8-10-15/h13,17H,6-12,16H2,1-5H3. The molecule has 126 valence electrons. The van der Waals surface area contributed by atoms with E-state index in [-0.39, 0.29) is 0 Å². The van der Waals surface area contributed by atoms with Crippen molar-refractivity contribution in [1.29, 1.82) is 0 Å². The molecule has 1 fully saturated rings. The molecule has 0 aromatic heterocycles. The van der Waals surface area contributed by atoms with Crippen LogP contribution in [0.2, 0.25) is 0 Å². The fraction of sp³-hybridized carbons (Fsp3) is 1.00. The maximum atomic E-state index is 12.8. The Bertz CT molecular complexity index is 421. The van der Waals surface area contributed by atoms with Crippen molar-refractivity contribution in [3.8, 4) is 0 Å². The molecule has 5 nitrogen and oxygen atoms in total. The molecule has 3 N–H and O–H groups in total. The molecular formula is C15H33N3O2S. The minimum absolute atomic E-state index is 0.394. The van der Waals surface area contributed by atoms with Gasteiger partial charge >= 0.3 is 0 Å². The van der Waals surface area contributed by atoms with E-state index < -0.39 is 21.3 Å². The summed E-state index contributed by atoms with van der Waals surface area (Å²) in [7, 11) is -3.53. The van der Waals surface area contributed by atoms with Crippen LogP contribution in [-0.4, -0.2) is 36.9 Å². The molecule has 0 amide bonds. The maximum Gasteiger partial charge on any atom is 0.280 e. The first-order valence-corrected chi connectivity index (χ1v) is 9.52. The van der Waals surface area contributed by atoms with Gasteiger partial charge < -0.3 is 5.73 Å². The average molecular weight is 320 g/mol. The second-order valence-corrected chi connectivity index (χ2v) is 9.14. The molecule has 1 saturated carbocycles. The summed E-state index contributed by atoms with van der Waals surface area (Å²) in [5.41, 5.74) is 5.14. The normalized spacial score (nSPS) is 28.0. The van der Waals surface area contributed by atoms with Gasteiger partial charge in [-0.25, -0.2) is 0 Å². The average Bonchev–Trinajstić information content (AvgIpc) is 2.35. The Labute approximate surface area is 130 Å². The summed E-state index contributed by atoms with van der Waals surface area (Å²) in [5, 5.41) is 0. The molecule has 1 aliphatic carbocycles. The van der Waals surface area contributed by atoms with Gasteiger partial charge in [0.25, 0.3) is 10.2 Å². The van der Waals surface area contributed by atoms with Crippen LogP contribution in [0.15, 0.2) is 0 Å². The van der Waals surface area contributed by atoms with E-state index in [0.717, 1.165) is 32.1 Å². The van der Waals surface area contributed by atoms with Crippen molar-refractivity contribution in [2.24, 2.45) is 11.7 Å². The van der Waals surface area contributed by atoms with Crippen LogP contribution in [0.3, 0.4) is 0 Å². The van der Waals surface area contributed by atoms with Gasteiger partial charge in [0.2, 0.25) is 0 Å². The summed E-state index contributed by atoms with van der Waals surface area (Å²) in [6, 6.07) is 0. The van der Waals surface area contributed by atoms with Crippen LogP contribution >= 0.6 is 0 Å². The van der Waals surface area contributed by atoms with Crippen LogP contribution in [-0.2, 0) is 10.2 Å². The van der Waals surface area contributed by atoms with Crippen LogP contribution in [0.4, 0.5) is 0 Å². The van der Waals surface area contributed by atoms with Crippen molar-refractivity contribution in [1.82, 2.24) is 9.03 Å². The Kier molecular flexibility index (Phi) is 6.24. The molecule has 1 rings (SSSR count). The van der Waals surface area contributed by atoms with Crippen molar-refractivity contribution >= 4 is 10.2 Å². The van der Waals surface area contributed by atoms with Crippen molar-refractivity contribution in [3.05, 3.63) is 0 Å². The van der Waals surface area contributed by atoms with Gasteiger partial charge in [0.1, 0.15) is 0 Å². The van der Waals surface area contributed by atoms with Crippen molar-refractivity contribution in [3.63, 3.8) is 0 Å². The Morgan fingerprint density at radius 1 is 1.29 bits per heavy atom. The van der Waals surface area contributed by atoms with E-state index in [1.165, 1.54) is 0 Å². The fourth-order valence-corrected chi connectivity index (χ4v) is 5.19. The number of nitrogens with two attached hydrogens (primary N) is 1. The fourth-order valence-electron chi connectivity index (χ4n) is 3.11. The van der Waals surface area contributed by atoms with E-state index in [2.05, 4.69) is 11.6 Å². The third-order valence-corrected chi connectivity index (χ3v) is 6.29. The van der Waals surface area contributed by atoms with Gasteiger partial charge in [0, 0.05) is 24.2 Å². The van der Waals surface area contributed by atoms with Gasteiger partial charge in [-0.05, 0) is 58.8 Å². The summed E-state index contributed by atoms with van der Waals surface area (Å²) in [4.78, 5) is 0. The zero-order valence-electron chi connectivity index (χ0n) is 14.3. The van der Waals surface area contributed by atoms with Crippen LogP contribution in [0.5, 0.6) is 0 Å². The quantitative estimate of drug-likeness (QED) is 0.788. The van der Waals surface area contributed by atoms with E-state index in [9.17, 15) is 8.42 Å². The van der Waals surface area contributed by atoms with Crippen LogP contribution in [0.25, 0.3) is 0 Å². The molecule has 21 heavy (non-hydrogen) atoms. The summed E-state index contributed by atoms with van der Waals surface area (Å²) >= 11 is 0. The molecule has 0 radical (unpaired) electrons. The van der Waals surface area contributed by atoms with Crippen LogP contribution in [0.1, 0.15) is 66.7 Å². The number of nitrogens with one attached hydrogen (secondary N) is 1. The minimum atomic E-state index is -3.53. The van der Waals surface area contributed by atoms with Gasteiger partial charge in [0.05, 0.1) is 0 Å². The van der Waals surface area contributed by atoms with Gasteiger partial charge in [-0.1, -0.05) is 13.8 Å². The first-order chi connectivity index (χ1) is 9.56. The number of rotatable bonds is 6. The Hall–Kier alpha value is -0.170. The highest BCUT2D eigenvalue weighted by Gasteiger charge is 2.44. The zero-order valence-corrected chi connectivity index (χ0v) is 15.1. The van der Waals surface area contributed by atoms with Gasteiger partial charge in [-0.15, -0.1) is 0 Å². The molecule has 0 atom stereocenters. The number of nitrogens with zero attached hydrogens (tertiary/aromatic N) is 1. The highest BCUT2D eigenvalue weighted by molar-refractivity contribution is 7.87. The Morgan fingerprint density at radius 2 is 1.81 bits per heavy atom. The van der Waals surface area contributed by atoms with E-state index >= 15 is 0 Å². The second kappa shape index (κ2) is 6.94. The van der Waals surface area contributed by atoms with Crippen LogP contribution in [0, 0.1) is 5.92 Å². The molecule has 0 aliphatic heterocycles. The monoisotopic (exact) mass is 319 g/mol. The smallest absolute Gasteiger partial charge is 0.280 e. The highest BCUT2D eigenvalue weighted by atomic mass is 32.2. The molecule has 0 bridgehead atoms. The largest absolute Gasteiger partial charge is 0.329 e. The SMILES string of the molecule is CCCN(C1(CN)CCC(C)CC1)S(=O)(=O)NC(C)(C)C. The lowest BCUT2D eigenvalue weighted by Crippen LogP contribution is -2.62. The first kappa shape index (κ1) is 18.9. The third-order valence-electron chi connectivity index (χ3n) is 4.27. The maximum absolute atomic E-state index is 12.8. The minimum Gasteiger partial charge on any atom is -0.329 e. The molecule has 0 spiro atoms. The predicted octanol–water partition coefficient (Wildman–Crippen LogP) is 2.24.